The van der Waals surface area contributed by atoms with Crippen LogP contribution in [0.15, 0.2) is 83.8 Å². The summed E-state index contributed by atoms with van der Waals surface area (Å²) in [4.78, 5) is 12.0. The number of para-hydroxylation sites is 1. The molecule has 0 bridgehead atoms. The molecule has 0 aliphatic rings. The number of halogens is 1. The third-order valence-corrected chi connectivity index (χ3v) is 5.53. The third-order valence-electron chi connectivity index (χ3n) is 4.13. The van der Waals surface area contributed by atoms with Gasteiger partial charge in [-0.1, -0.05) is 30.3 Å². The fraction of sp³-hybridized carbons (Fsp3) is 0.136. The lowest BCUT2D eigenvalue weighted by Gasteiger charge is -2.10. The average molecular weight is 428 g/mol. The minimum atomic E-state index is -3.81. The Balaban J connectivity index is 1.46. The topological polar surface area (TPSA) is 84.5 Å². The van der Waals surface area contributed by atoms with Crippen molar-refractivity contribution in [3.63, 3.8) is 0 Å². The molecule has 1 amide bonds. The molecule has 0 aromatic heterocycles. The van der Waals surface area contributed by atoms with Crippen LogP contribution in [-0.2, 0) is 21.2 Å². The van der Waals surface area contributed by atoms with Gasteiger partial charge in [0.1, 0.15) is 18.2 Å². The molecule has 30 heavy (non-hydrogen) atoms. The summed E-state index contributed by atoms with van der Waals surface area (Å²) in [7, 11) is -3.81. The van der Waals surface area contributed by atoms with Crippen LogP contribution in [0.25, 0.3) is 0 Å². The van der Waals surface area contributed by atoms with E-state index in [0.717, 1.165) is 23.4 Å². The molecule has 2 N–H and O–H groups in total. The smallest absolute Gasteiger partial charge is 0.261 e. The molecule has 0 saturated heterocycles. The summed E-state index contributed by atoms with van der Waals surface area (Å²) >= 11 is 0. The molecule has 0 atom stereocenters. The first-order valence-corrected chi connectivity index (χ1v) is 10.7. The molecule has 0 heterocycles. The largest absolute Gasteiger partial charge is 0.492 e. The summed E-state index contributed by atoms with van der Waals surface area (Å²) in [6, 6.07) is 20.4. The van der Waals surface area contributed by atoms with Crippen molar-refractivity contribution >= 4 is 21.6 Å². The highest BCUT2D eigenvalue weighted by Crippen LogP contribution is 2.17. The van der Waals surface area contributed by atoms with Gasteiger partial charge in [0.15, 0.2) is 0 Å². The molecule has 0 spiro atoms. The van der Waals surface area contributed by atoms with Gasteiger partial charge in [-0.3, -0.25) is 9.52 Å². The molecule has 3 aromatic rings. The number of amides is 1. The molecule has 8 heteroatoms. The molecule has 0 aliphatic carbocycles. The molecule has 0 saturated carbocycles. The van der Waals surface area contributed by atoms with Crippen molar-refractivity contribution in [3.05, 3.63) is 90.2 Å². The van der Waals surface area contributed by atoms with Crippen LogP contribution >= 0.6 is 0 Å². The fourth-order valence-corrected chi connectivity index (χ4v) is 3.70. The molecule has 3 aromatic carbocycles. The second kappa shape index (κ2) is 9.89. The highest BCUT2D eigenvalue weighted by Gasteiger charge is 2.14. The number of carbonyl (C=O) groups is 1. The van der Waals surface area contributed by atoms with Gasteiger partial charge >= 0.3 is 0 Å². The van der Waals surface area contributed by atoms with E-state index in [9.17, 15) is 17.6 Å². The lowest BCUT2D eigenvalue weighted by atomic mass is 10.1. The Hall–Kier alpha value is -3.39. The molecular weight excluding hydrogens is 407 g/mol. The van der Waals surface area contributed by atoms with Gasteiger partial charge in [-0.15, -0.1) is 0 Å². The number of hydrogen-bond acceptors (Lipinski definition) is 4. The van der Waals surface area contributed by atoms with Crippen LogP contribution in [0.5, 0.6) is 5.75 Å². The van der Waals surface area contributed by atoms with E-state index in [2.05, 4.69) is 10.0 Å². The summed E-state index contributed by atoms with van der Waals surface area (Å²) < 4.78 is 45.5. The van der Waals surface area contributed by atoms with Crippen molar-refractivity contribution < 1.29 is 22.3 Å². The molecule has 3 rings (SSSR count). The molecule has 0 radical (unpaired) electrons. The number of nitrogens with one attached hydrogen (secondary N) is 2. The van der Waals surface area contributed by atoms with Crippen LogP contribution in [0, 0.1) is 5.82 Å². The average Bonchev–Trinajstić information content (AvgIpc) is 2.73. The second-order valence-electron chi connectivity index (χ2n) is 6.44. The Bertz CT molecular complexity index is 1070. The Labute approximate surface area is 174 Å². The monoisotopic (exact) mass is 428 g/mol. The molecular formula is C22H21FN2O4S. The van der Waals surface area contributed by atoms with Crippen LogP contribution in [0.1, 0.15) is 5.56 Å². The highest BCUT2D eigenvalue weighted by molar-refractivity contribution is 7.92. The summed E-state index contributed by atoms with van der Waals surface area (Å²) in [6.45, 7) is 0.739. The zero-order chi connectivity index (χ0) is 21.4. The van der Waals surface area contributed by atoms with Gasteiger partial charge in [0.2, 0.25) is 5.91 Å². The fourth-order valence-electron chi connectivity index (χ4n) is 2.64. The van der Waals surface area contributed by atoms with Gasteiger partial charge in [0.25, 0.3) is 10.0 Å². The lowest BCUT2D eigenvalue weighted by Crippen LogP contribution is -2.29. The molecule has 0 unspecified atom stereocenters. The maximum atomic E-state index is 13.0. The first-order chi connectivity index (χ1) is 14.4. The lowest BCUT2D eigenvalue weighted by molar-refractivity contribution is -0.120. The van der Waals surface area contributed by atoms with Crippen molar-refractivity contribution in [2.45, 2.75) is 11.3 Å². The van der Waals surface area contributed by atoms with Gasteiger partial charge < -0.3 is 10.1 Å². The van der Waals surface area contributed by atoms with E-state index in [-0.39, 0.29) is 17.2 Å². The van der Waals surface area contributed by atoms with Crippen LogP contribution in [0.3, 0.4) is 0 Å². The standard InChI is InChI=1S/C22H21FN2O4S/c23-18-8-12-21(13-9-18)30(27,28)25-19-10-6-17(7-11-19)16-22(26)24-14-15-29-20-4-2-1-3-5-20/h1-13,25H,14-16H2,(H,24,26). The van der Waals surface area contributed by atoms with E-state index >= 15 is 0 Å². The predicted molar refractivity (Wildman–Crippen MR) is 112 cm³/mol. The van der Waals surface area contributed by atoms with Crippen LogP contribution in [-0.4, -0.2) is 27.5 Å². The SMILES string of the molecule is O=C(Cc1ccc(NS(=O)(=O)c2ccc(F)cc2)cc1)NCCOc1ccccc1. The van der Waals surface area contributed by atoms with Gasteiger partial charge in [0, 0.05) is 5.69 Å². The zero-order valence-corrected chi connectivity index (χ0v) is 16.9. The summed E-state index contributed by atoms with van der Waals surface area (Å²) in [5, 5.41) is 2.77. The van der Waals surface area contributed by atoms with Crippen molar-refractivity contribution in [3.8, 4) is 5.75 Å². The van der Waals surface area contributed by atoms with Crippen molar-refractivity contribution in [1.82, 2.24) is 5.32 Å². The molecule has 0 fully saturated rings. The number of benzene rings is 3. The first kappa shape index (κ1) is 21.3. The van der Waals surface area contributed by atoms with Crippen LogP contribution < -0.4 is 14.8 Å². The number of rotatable bonds is 9. The summed E-state index contributed by atoms with van der Waals surface area (Å²) in [5.41, 5.74) is 1.08. The van der Waals surface area contributed by atoms with E-state index in [1.807, 2.05) is 30.3 Å². The number of anilines is 1. The van der Waals surface area contributed by atoms with Gasteiger partial charge in [-0.25, -0.2) is 12.8 Å². The van der Waals surface area contributed by atoms with Crippen LogP contribution in [0.2, 0.25) is 0 Å². The summed E-state index contributed by atoms with van der Waals surface area (Å²) in [5.74, 6) is 0.0694. The highest BCUT2D eigenvalue weighted by atomic mass is 32.2. The van der Waals surface area contributed by atoms with Crippen molar-refractivity contribution in [2.24, 2.45) is 0 Å². The quantitative estimate of drug-likeness (QED) is 0.512. The molecule has 0 aliphatic heterocycles. The van der Waals surface area contributed by atoms with E-state index in [1.165, 1.54) is 12.1 Å². The van der Waals surface area contributed by atoms with E-state index < -0.39 is 15.8 Å². The maximum absolute atomic E-state index is 13.0. The minimum absolute atomic E-state index is 0.0370. The Morgan fingerprint density at radius 2 is 1.57 bits per heavy atom. The van der Waals surface area contributed by atoms with Gasteiger partial charge in [-0.2, -0.15) is 0 Å². The van der Waals surface area contributed by atoms with E-state index in [0.29, 0.717) is 18.8 Å². The van der Waals surface area contributed by atoms with Gasteiger partial charge in [0.05, 0.1) is 17.9 Å². The Kier molecular flexibility index (Phi) is 7.03. The summed E-state index contributed by atoms with van der Waals surface area (Å²) in [6.07, 6.45) is 0.163. The van der Waals surface area contributed by atoms with Crippen LogP contribution in [0.4, 0.5) is 10.1 Å². The van der Waals surface area contributed by atoms with E-state index in [1.54, 1.807) is 24.3 Å². The third kappa shape index (κ3) is 6.31. The van der Waals surface area contributed by atoms with Crippen molar-refractivity contribution in [1.29, 1.82) is 0 Å². The van der Waals surface area contributed by atoms with Gasteiger partial charge in [-0.05, 0) is 54.1 Å². The molecule has 6 nitrogen and oxygen atoms in total. The normalized spacial score (nSPS) is 11.0. The maximum Gasteiger partial charge on any atom is 0.261 e. The molecule has 156 valence electrons. The number of hydrogen-bond donors (Lipinski definition) is 2. The minimum Gasteiger partial charge on any atom is -0.492 e. The zero-order valence-electron chi connectivity index (χ0n) is 16.0. The number of carbonyl (C=O) groups excluding carboxylic acids is 1. The predicted octanol–water partition coefficient (Wildman–Crippen LogP) is 3.36. The number of ether oxygens (including phenoxy) is 1. The Morgan fingerprint density at radius 3 is 2.23 bits per heavy atom. The first-order valence-electron chi connectivity index (χ1n) is 9.24. The Morgan fingerprint density at radius 1 is 0.900 bits per heavy atom. The number of sulfonamides is 1. The van der Waals surface area contributed by atoms with E-state index in [4.69, 9.17) is 4.74 Å². The van der Waals surface area contributed by atoms with Crippen molar-refractivity contribution in [2.75, 3.05) is 17.9 Å². The second-order valence-corrected chi connectivity index (χ2v) is 8.13.